The second-order valence-corrected chi connectivity index (χ2v) is 5.07. The number of hydrogen-bond acceptors (Lipinski definition) is 3. The molecule has 0 amide bonds. The zero-order valence-corrected chi connectivity index (χ0v) is 9.53. The fourth-order valence-corrected chi connectivity index (χ4v) is 2.21. The monoisotopic (exact) mass is 201 g/mol. The molecule has 1 aliphatic rings. The van der Waals surface area contributed by atoms with E-state index in [2.05, 4.69) is 4.90 Å². The van der Waals surface area contributed by atoms with Crippen LogP contribution in [-0.4, -0.2) is 47.5 Å². The molecule has 3 heteroatoms. The van der Waals surface area contributed by atoms with Gasteiger partial charge in [0.1, 0.15) is 0 Å². The van der Waals surface area contributed by atoms with Crippen molar-refractivity contribution in [3.63, 3.8) is 0 Å². The minimum atomic E-state index is -0.574. The first-order valence-corrected chi connectivity index (χ1v) is 5.47. The summed E-state index contributed by atoms with van der Waals surface area (Å²) in [6.45, 7) is 2.88. The standard InChI is InChI=1S/C11H23NO2/c1-11(14)6-4-10(13)8-9(11)5-7-12(2)3/h9-10,13-14H,4-8H2,1-3H3/t9-,10+,11-/m0/s1. The molecule has 0 unspecified atom stereocenters. The van der Waals surface area contributed by atoms with Crippen LogP contribution in [0.15, 0.2) is 0 Å². The molecule has 0 aromatic rings. The van der Waals surface area contributed by atoms with E-state index in [0.29, 0.717) is 0 Å². The minimum absolute atomic E-state index is 0.206. The van der Waals surface area contributed by atoms with E-state index in [-0.39, 0.29) is 12.0 Å². The molecule has 0 aliphatic heterocycles. The van der Waals surface area contributed by atoms with E-state index in [4.69, 9.17) is 0 Å². The fourth-order valence-electron chi connectivity index (χ4n) is 2.21. The molecule has 3 atom stereocenters. The smallest absolute Gasteiger partial charge is 0.0650 e. The lowest BCUT2D eigenvalue weighted by molar-refractivity contribution is -0.0711. The van der Waals surface area contributed by atoms with Crippen molar-refractivity contribution in [3.05, 3.63) is 0 Å². The molecule has 0 bridgehead atoms. The highest BCUT2D eigenvalue weighted by Crippen LogP contribution is 2.35. The average Bonchev–Trinajstić information content (AvgIpc) is 2.07. The molecule has 0 radical (unpaired) electrons. The Labute approximate surface area is 86.7 Å². The van der Waals surface area contributed by atoms with Gasteiger partial charge in [-0.05, 0) is 59.2 Å². The van der Waals surface area contributed by atoms with Gasteiger partial charge in [0.2, 0.25) is 0 Å². The summed E-state index contributed by atoms with van der Waals surface area (Å²) in [6, 6.07) is 0. The van der Waals surface area contributed by atoms with Crippen LogP contribution in [0.5, 0.6) is 0 Å². The third-order valence-corrected chi connectivity index (χ3v) is 3.34. The Morgan fingerprint density at radius 1 is 1.43 bits per heavy atom. The second kappa shape index (κ2) is 4.60. The summed E-state index contributed by atoms with van der Waals surface area (Å²) < 4.78 is 0. The number of hydrogen-bond donors (Lipinski definition) is 2. The zero-order chi connectivity index (χ0) is 10.8. The fraction of sp³-hybridized carbons (Fsp3) is 1.00. The average molecular weight is 201 g/mol. The van der Waals surface area contributed by atoms with Gasteiger partial charge >= 0.3 is 0 Å². The van der Waals surface area contributed by atoms with Crippen molar-refractivity contribution in [1.29, 1.82) is 0 Å². The van der Waals surface area contributed by atoms with Crippen molar-refractivity contribution in [2.75, 3.05) is 20.6 Å². The van der Waals surface area contributed by atoms with Gasteiger partial charge in [-0.3, -0.25) is 0 Å². The lowest BCUT2D eigenvalue weighted by atomic mass is 9.74. The van der Waals surface area contributed by atoms with Crippen LogP contribution in [0.25, 0.3) is 0 Å². The SMILES string of the molecule is CN(C)CC[C@H]1C[C@H](O)CC[C@]1(C)O. The summed E-state index contributed by atoms with van der Waals surface area (Å²) >= 11 is 0. The first kappa shape index (κ1) is 12.0. The highest BCUT2D eigenvalue weighted by Gasteiger charge is 2.37. The van der Waals surface area contributed by atoms with Gasteiger partial charge in [-0.15, -0.1) is 0 Å². The molecular formula is C11H23NO2. The summed E-state index contributed by atoms with van der Waals surface area (Å²) in [7, 11) is 4.07. The van der Waals surface area contributed by atoms with E-state index in [0.717, 1.165) is 32.2 Å². The summed E-state index contributed by atoms with van der Waals surface area (Å²) in [5.41, 5.74) is -0.574. The molecule has 0 spiro atoms. The van der Waals surface area contributed by atoms with E-state index in [9.17, 15) is 10.2 Å². The molecule has 14 heavy (non-hydrogen) atoms. The first-order chi connectivity index (χ1) is 6.42. The van der Waals surface area contributed by atoms with Crippen LogP contribution >= 0.6 is 0 Å². The molecule has 1 saturated carbocycles. The Balaban J connectivity index is 2.46. The number of nitrogens with zero attached hydrogens (tertiary/aromatic N) is 1. The number of rotatable bonds is 3. The van der Waals surface area contributed by atoms with Gasteiger partial charge in [-0.1, -0.05) is 0 Å². The van der Waals surface area contributed by atoms with E-state index in [1.54, 1.807) is 0 Å². The van der Waals surface area contributed by atoms with Crippen molar-refractivity contribution in [3.8, 4) is 0 Å². The van der Waals surface area contributed by atoms with Crippen LogP contribution in [-0.2, 0) is 0 Å². The molecule has 1 rings (SSSR count). The normalized spacial score (nSPS) is 39.0. The Morgan fingerprint density at radius 3 is 2.64 bits per heavy atom. The van der Waals surface area contributed by atoms with E-state index in [1.165, 1.54) is 0 Å². The van der Waals surface area contributed by atoms with Gasteiger partial charge in [-0.25, -0.2) is 0 Å². The van der Waals surface area contributed by atoms with Crippen LogP contribution in [0.1, 0.15) is 32.6 Å². The van der Waals surface area contributed by atoms with Crippen LogP contribution in [0.3, 0.4) is 0 Å². The van der Waals surface area contributed by atoms with Crippen molar-refractivity contribution in [2.45, 2.75) is 44.3 Å². The van der Waals surface area contributed by atoms with Crippen LogP contribution in [0, 0.1) is 5.92 Å². The highest BCUT2D eigenvalue weighted by molar-refractivity contribution is 4.89. The molecular weight excluding hydrogens is 178 g/mol. The van der Waals surface area contributed by atoms with Crippen LogP contribution < -0.4 is 0 Å². The maximum absolute atomic E-state index is 10.1. The summed E-state index contributed by atoms with van der Waals surface area (Å²) in [6.07, 6.45) is 2.98. The zero-order valence-electron chi connectivity index (χ0n) is 9.53. The lowest BCUT2D eigenvalue weighted by Gasteiger charge is -2.39. The predicted octanol–water partition coefficient (Wildman–Crippen LogP) is 0.850. The molecule has 0 saturated heterocycles. The van der Waals surface area contributed by atoms with Gasteiger partial charge in [0.15, 0.2) is 0 Å². The third kappa shape index (κ3) is 3.23. The Kier molecular flexibility index (Phi) is 3.93. The molecule has 0 heterocycles. The predicted molar refractivity (Wildman–Crippen MR) is 57.1 cm³/mol. The van der Waals surface area contributed by atoms with Gasteiger partial charge in [0.05, 0.1) is 11.7 Å². The number of aliphatic hydroxyl groups is 2. The van der Waals surface area contributed by atoms with Crippen molar-refractivity contribution >= 4 is 0 Å². The van der Waals surface area contributed by atoms with Gasteiger partial charge < -0.3 is 15.1 Å². The van der Waals surface area contributed by atoms with Crippen LogP contribution in [0.2, 0.25) is 0 Å². The van der Waals surface area contributed by atoms with E-state index in [1.807, 2.05) is 21.0 Å². The van der Waals surface area contributed by atoms with Crippen LogP contribution in [0.4, 0.5) is 0 Å². The third-order valence-electron chi connectivity index (χ3n) is 3.34. The second-order valence-electron chi connectivity index (χ2n) is 5.07. The van der Waals surface area contributed by atoms with E-state index < -0.39 is 5.60 Å². The highest BCUT2D eigenvalue weighted by atomic mass is 16.3. The molecule has 0 aromatic carbocycles. The molecule has 3 nitrogen and oxygen atoms in total. The first-order valence-electron chi connectivity index (χ1n) is 5.47. The summed E-state index contributed by atoms with van der Waals surface area (Å²) in [5.74, 6) is 0.244. The maximum atomic E-state index is 10.1. The summed E-state index contributed by atoms with van der Waals surface area (Å²) in [5, 5.41) is 19.7. The number of aliphatic hydroxyl groups excluding tert-OH is 1. The molecule has 1 fully saturated rings. The van der Waals surface area contributed by atoms with E-state index >= 15 is 0 Å². The molecule has 2 N–H and O–H groups in total. The largest absolute Gasteiger partial charge is 0.393 e. The molecule has 1 aliphatic carbocycles. The molecule has 84 valence electrons. The molecule has 0 aromatic heterocycles. The van der Waals surface area contributed by atoms with Crippen molar-refractivity contribution in [2.24, 2.45) is 5.92 Å². The van der Waals surface area contributed by atoms with Gasteiger partial charge in [-0.2, -0.15) is 0 Å². The quantitative estimate of drug-likeness (QED) is 0.711. The Bertz CT molecular complexity index is 180. The Morgan fingerprint density at radius 2 is 2.07 bits per heavy atom. The maximum Gasteiger partial charge on any atom is 0.0650 e. The van der Waals surface area contributed by atoms with Crippen molar-refractivity contribution < 1.29 is 10.2 Å². The van der Waals surface area contributed by atoms with Gasteiger partial charge in [0, 0.05) is 0 Å². The van der Waals surface area contributed by atoms with Crippen molar-refractivity contribution in [1.82, 2.24) is 4.90 Å². The van der Waals surface area contributed by atoms with Gasteiger partial charge in [0.25, 0.3) is 0 Å². The summed E-state index contributed by atoms with van der Waals surface area (Å²) in [4.78, 5) is 2.12. The lowest BCUT2D eigenvalue weighted by Crippen LogP contribution is -2.43. The Hall–Kier alpha value is -0.120. The minimum Gasteiger partial charge on any atom is -0.393 e. The topological polar surface area (TPSA) is 43.7 Å².